The van der Waals surface area contributed by atoms with E-state index in [0.717, 1.165) is 22.6 Å². The van der Waals surface area contributed by atoms with E-state index in [2.05, 4.69) is 21.6 Å². The fraction of sp³-hybridized carbons (Fsp3) is 0.318. The van der Waals surface area contributed by atoms with Gasteiger partial charge in [-0.3, -0.25) is 4.79 Å². The third-order valence-electron chi connectivity index (χ3n) is 4.38. The van der Waals surface area contributed by atoms with E-state index in [0.29, 0.717) is 23.3 Å². The highest BCUT2D eigenvalue weighted by molar-refractivity contribution is 8.00. The molecule has 0 saturated carbocycles. The normalized spacial score (nSPS) is 11.7. The Kier molecular flexibility index (Phi) is 7.41. The minimum atomic E-state index is -0.425. The lowest BCUT2D eigenvalue weighted by Crippen LogP contribution is -2.24. The molecule has 1 aromatic heterocycles. The first kappa shape index (κ1) is 22.5. The highest BCUT2D eigenvalue weighted by atomic mass is 32.2. The maximum absolute atomic E-state index is 12.5. The Morgan fingerprint density at radius 2 is 1.77 bits per heavy atom. The van der Waals surface area contributed by atoms with Crippen molar-refractivity contribution in [3.05, 3.63) is 59.4 Å². The van der Waals surface area contributed by atoms with Crippen LogP contribution >= 0.6 is 11.8 Å². The second-order valence-corrected chi connectivity index (χ2v) is 8.40. The number of nitrogens with one attached hydrogen (secondary N) is 1. The van der Waals surface area contributed by atoms with Crippen molar-refractivity contribution >= 4 is 23.4 Å². The minimum absolute atomic E-state index is 0.162. The van der Waals surface area contributed by atoms with Crippen LogP contribution in [0.2, 0.25) is 0 Å². The largest absolute Gasteiger partial charge is 0.494 e. The molecule has 31 heavy (non-hydrogen) atoms. The van der Waals surface area contributed by atoms with Gasteiger partial charge < -0.3 is 20.6 Å². The zero-order chi connectivity index (χ0) is 22.4. The topological polar surface area (TPSA) is 104 Å². The number of carbonyl (C=O) groups excluding carboxylic acids is 1. The minimum Gasteiger partial charge on any atom is -0.494 e. The summed E-state index contributed by atoms with van der Waals surface area (Å²) in [4.78, 5) is 12.5. The maximum Gasteiger partial charge on any atom is 0.237 e. The van der Waals surface area contributed by atoms with Gasteiger partial charge >= 0.3 is 0 Å². The van der Waals surface area contributed by atoms with Crippen molar-refractivity contribution in [3.8, 4) is 11.5 Å². The van der Waals surface area contributed by atoms with Crippen molar-refractivity contribution in [2.45, 2.75) is 44.7 Å². The van der Waals surface area contributed by atoms with Gasteiger partial charge in [-0.2, -0.15) is 0 Å². The first-order chi connectivity index (χ1) is 14.9. The number of ether oxygens (including phenoxy) is 2. The number of nitrogen functional groups attached to an aromatic ring is 1. The van der Waals surface area contributed by atoms with Crippen molar-refractivity contribution in [1.29, 1.82) is 0 Å². The first-order valence-corrected chi connectivity index (χ1v) is 10.8. The molecule has 0 aliphatic carbocycles. The van der Waals surface area contributed by atoms with Gasteiger partial charge in [0.2, 0.25) is 11.1 Å². The zero-order valence-corrected chi connectivity index (χ0v) is 18.9. The molecule has 1 amide bonds. The van der Waals surface area contributed by atoms with Crippen molar-refractivity contribution in [1.82, 2.24) is 14.9 Å². The molecule has 9 heteroatoms. The molecule has 0 radical (unpaired) electrons. The van der Waals surface area contributed by atoms with Gasteiger partial charge in [-0.1, -0.05) is 17.8 Å². The number of nitrogens with two attached hydrogens (primary N) is 1. The van der Waals surface area contributed by atoms with Crippen LogP contribution in [0.15, 0.2) is 47.6 Å². The second-order valence-electron chi connectivity index (χ2n) is 7.09. The van der Waals surface area contributed by atoms with E-state index in [-0.39, 0.29) is 12.5 Å². The average molecular weight is 442 g/mol. The molecule has 2 aromatic carbocycles. The Balaban J connectivity index is 1.56. The van der Waals surface area contributed by atoms with Crippen LogP contribution < -0.4 is 20.6 Å². The van der Waals surface area contributed by atoms with E-state index in [1.54, 1.807) is 19.1 Å². The third kappa shape index (κ3) is 6.14. The molecule has 0 bridgehead atoms. The molecule has 0 aliphatic rings. The highest BCUT2D eigenvalue weighted by Gasteiger charge is 2.20. The van der Waals surface area contributed by atoms with Gasteiger partial charge in [0.25, 0.3) is 0 Å². The quantitative estimate of drug-likeness (QED) is 0.385. The molecule has 164 valence electrons. The predicted molar refractivity (Wildman–Crippen MR) is 122 cm³/mol. The van der Waals surface area contributed by atoms with Crippen molar-refractivity contribution in [3.63, 3.8) is 0 Å². The van der Waals surface area contributed by atoms with E-state index in [1.165, 1.54) is 16.4 Å². The Hall–Kier alpha value is -3.20. The number of hydrogen-bond donors (Lipinski definition) is 2. The predicted octanol–water partition coefficient (Wildman–Crippen LogP) is 3.71. The highest BCUT2D eigenvalue weighted by Crippen LogP contribution is 2.24. The van der Waals surface area contributed by atoms with Gasteiger partial charge in [0, 0.05) is 5.69 Å². The molecule has 3 N–H and O–H groups in total. The van der Waals surface area contributed by atoms with Crippen LogP contribution in [0.4, 0.5) is 5.69 Å². The lowest BCUT2D eigenvalue weighted by molar-refractivity contribution is -0.115. The Labute approximate surface area is 186 Å². The molecule has 3 aromatic rings. The molecule has 1 heterocycles. The second kappa shape index (κ2) is 10.2. The fourth-order valence-electron chi connectivity index (χ4n) is 2.91. The molecule has 8 nitrogen and oxygen atoms in total. The Morgan fingerprint density at radius 3 is 2.42 bits per heavy atom. The summed E-state index contributed by atoms with van der Waals surface area (Å²) in [6.45, 7) is 8.51. The number of carbonyl (C=O) groups is 1. The molecule has 3 rings (SSSR count). The Morgan fingerprint density at radius 1 is 1.10 bits per heavy atom. The number of rotatable bonds is 9. The number of benzene rings is 2. The third-order valence-corrected chi connectivity index (χ3v) is 5.44. The number of anilines is 1. The van der Waals surface area contributed by atoms with Gasteiger partial charge in [-0.15, -0.1) is 10.2 Å². The number of thioether (sulfide) groups is 1. The van der Waals surface area contributed by atoms with E-state index in [4.69, 9.17) is 15.3 Å². The van der Waals surface area contributed by atoms with Gasteiger partial charge in [-0.25, -0.2) is 4.68 Å². The first-order valence-electron chi connectivity index (χ1n) is 9.96. The molecule has 1 atom stereocenters. The van der Waals surface area contributed by atoms with E-state index in [9.17, 15) is 4.79 Å². The lowest BCUT2D eigenvalue weighted by atomic mass is 10.1. The number of nitrogens with zero attached hydrogens (tertiary/aromatic N) is 3. The lowest BCUT2D eigenvalue weighted by Gasteiger charge is -2.12. The standard InChI is InChI=1S/C22H27N5O3S/c1-5-29-18-8-6-17(7-9-18)24-21(28)16(4)31-22-26-25-20(27(22)23)13-30-19-11-14(2)10-15(3)12-19/h6-12,16H,5,13,23H2,1-4H3,(H,24,28). The average Bonchev–Trinajstić information content (AvgIpc) is 3.07. The number of aryl methyl sites for hydroxylation is 2. The summed E-state index contributed by atoms with van der Waals surface area (Å²) in [6.07, 6.45) is 0. The van der Waals surface area contributed by atoms with Crippen molar-refractivity contribution in [2.24, 2.45) is 0 Å². The number of amides is 1. The molecular formula is C22H27N5O3S. The molecule has 0 fully saturated rings. The van der Waals surface area contributed by atoms with Crippen molar-refractivity contribution in [2.75, 3.05) is 17.8 Å². The summed E-state index contributed by atoms with van der Waals surface area (Å²) < 4.78 is 12.6. The summed E-state index contributed by atoms with van der Waals surface area (Å²) in [6, 6.07) is 13.2. The number of aromatic nitrogens is 3. The van der Waals surface area contributed by atoms with Gasteiger partial charge in [0.15, 0.2) is 5.82 Å². The van der Waals surface area contributed by atoms with Gasteiger partial charge in [0.1, 0.15) is 18.1 Å². The van der Waals surface area contributed by atoms with Crippen LogP contribution in [-0.2, 0) is 11.4 Å². The van der Waals surface area contributed by atoms with Crippen LogP contribution in [0.25, 0.3) is 0 Å². The van der Waals surface area contributed by atoms with Crippen LogP contribution in [0.3, 0.4) is 0 Å². The zero-order valence-electron chi connectivity index (χ0n) is 18.1. The Bertz CT molecular complexity index is 1020. The molecular weight excluding hydrogens is 414 g/mol. The van der Waals surface area contributed by atoms with Crippen LogP contribution in [-0.4, -0.2) is 32.6 Å². The summed E-state index contributed by atoms with van der Waals surface area (Å²) in [7, 11) is 0. The van der Waals surface area contributed by atoms with E-state index >= 15 is 0 Å². The molecule has 0 spiro atoms. The van der Waals surface area contributed by atoms with Crippen LogP contribution in [0.1, 0.15) is 30.8 Å². The van der Waals surface area contributed by atoms with E-state index < -0.39 is 5.25 Å². The van der Waals surface area contributed by atoms with Gasteiger partial charge in [0.05, 0.1) is 11.9 Å². The van der Waals surface area contributed by atoms with Crippen LogP contribution in [0, 0.1) is 13.8 Å². The fourth-order valence-corrected chi connectivity index (χ4v) is 3.70. The van der Waals surface area contributed by atoms with E-state index in [1.807, 2.05) is 45.0 Å². The summed E-state index contributed by atoms with van der Waals surface area (Å²) in [5.74, 6) is 7.94. The van der Waals surface area contributed by atoms with Crippen molar-refractivity contribution < 1.29 is 14.3 Å². The summed E-state index contributed by atoms with van der Waals surface area (Å²) >= 11 is 1.23. The van der Waals surface area contributed by atoms with Crippen LogP contribution in [0.5, 0.6) is 11.5 Å². The molecule has 0 saturated heterocycles. The summed E-state index contributed by atoms with van der Waals surface area (Å²) in [5, 5.41) is 11.1. The molecule has 0 aliphatic heterocycles. The summed E-state index contributed by atoms with van der Waals surface area (Å²) in [5.41, 5.74) is 2.93. The molecule has 1 unspecified atom stereocenters. The maximum atomic E-state index is 12.5. The monoisotopic (exact) mass is 441 g/mol. The van der Waals surface area contributed by atoms with Gasteiger partial charge in [-0.05, 0) is 75.2 Å². The SMILES string of the molecule is CCOc1ccc(NC(=O)C(C)Sc2nnc(COc3cc(C)cc(C)c3)n2N)cc1. The smallest absolute Gasteiger partial charge is 0.237 e. The number of hydrogen-bond acceptors (Lipinski definition) is 7.